The molecule has 0 radical (unpaired) electrons. The van der Waals surface area contributed by atoms with Gasteiger partial charge in [-0.2, -0.15) is 0 Å². The molecule has 110 valence electrons. The number of ether oxygens (including phenoxy) is 2. The number of carbonyl (C=O) groups is 2. The number of hydrogen-bond donors (Lipinski definition) is 1. The van der Waals surface area contributed by atoms with Crippen molar-refractivity contribution in [1.82, 2.24) is 5.32 Å². The number of carbonyl (C=O) groups excluding carboxylic acids is 2. The SMILES string of the molecule is CC[C@H]1[C@@H]2C(=O)NCCCC[C@H]2O[C@]12C=C(C)C(=O)O2. The molecule has 0 unspecified atom stereocenters. The highest BCUT2D eigenvalue weighted by Crippen LogP contribution is 2.49. The third kappa shape index (κ3) is 1.95. The van der Waals surface area contributed by atoms with Gasteiger partial charge in [0, 0.05) is 18.0 Å². The molecule has 3 heterocycles. The maximum absolute atomic E-state index is 12.4. The molecule has 5 nitrogen and oxygen atoms in total. The van der Waals surface area contributed by atoms with Crippen molar-refractivity contribution in [3.05, 3.63) is 11.6 Å². The fourth-order valence-electron chi connectivity index (χ4n) is 3.69. The van der Waals surface area contributed by atoms with Crippen LogP contribution in [0.3, 0.4) is 0 Å². The molecule has 3 aliphatic rings. The van der Waals surface area contributed by atoms with Gasteiger partial charge in [-0.15, -0.1) is 0 Å². The highest BCUT2D eigenvalue weighted by Gasteiger charge is 2.60. The molecule has 2 fully saturated rings. The van der Waals surface area contributed by atoms with E-state index in [-0.39, 0.29) is 29.8 Å². The third-order valence-corrected chi connectivity index (χ3v) is 4.64. The first kappa shape index (κ1) is 13.6. The van der Waals surface area contributed by atoms with Crippen molar-refractivity contribution in [3.63, 3.8) is 0 Å². The van der Waals surface area contributed by atoms with Crippen LogP contribution in [0.1, 0.15) is 39.5 Å². The first-order chi connectivity index (χ1) is 9.57. The van der Waals surface area contributed by atoms with Gasteiger partial charge in [-0.25, -0.2) is 4.79 Å². The standard InChI is InChI=1S/C15H21NO4/c1-3-10-12-11(6-4-5-7-16-13(12)17)19-15(10)8-9(2)14(18)20-15/h8,10-12H,3-7H2,1-2H3,(H,16,17)/t10-,11+,12-,15-/m0/s1. The zero-order chi connectivity index (χ0) is 14.3. The van der Waals surface area contributed by atoms with Crippen molar-refractivity contribution in [3.8, 4) is 0 Å². The van der Waals surface area contributed by atoms with Gasteiger partial charge in [-0.1, -0.05) is 6.92 Å². The van der Waals surface area contributed by atoms with Gasteiger partial charge in [0.15, 0.2) is 0 Å². The van der Waals surface area contributed by atoms with Crippen LogP contribution in [0.5, 0.6) is 0 Å². The topological polar surface area (TPSA) is 64.6 Å². The molecule has 0 aliphatic carbocycles. The number of nitrogens with one attached hydrogen (secondary N) is 1. The van der Waals surface area contributed by atoms with E-state index in [0.717, 1.165) is 32.2 Å². The Hall–Kier alpha value is -1.36. The first-order valence-electron chi connectivity index (χ1n) is 7.45. The zero-order valence-corrected chi connectivity index (χ0v) is 12.0. The molecule has 3 rings (SSSR count). The fraction of sp³-hybridized carbons (Fsp3) is 0.733. The van der Waals surface area contributed by atoms with E-state index >= 15 is 0 Å². The van der Waals surface area contributed by atoms with E-state index in [2.05, 4.69) is 5.32 Å². The van der Waals surface area contributed by atoms with Gasteiger partial charge in [0.2, 0.25) is 11.7 Å². The smallest absolute Gasteiger partial charge is 0.336 e. The Morgan fingerprint density at radius 2 is 2.20 bits per heavy atom. The Morgan fingerprint density at radius 3 is 2.85 bits per heavy atom. The van der Waals surface area contributed by atoms with Gasteiger partial charge in [-0.05, 0) is 38.7 Å². The lowest BCUT2D eigenvalue weighted by atomic mass is 9.80. The van der Waals surface area contributed by atoms with Gasteiger partial charge >= 0.3 is 5.97 Å². The van der Waals surface area contributed by atoms with Crippen molar-refractivity contribution < 1.29 is 19.1 Å². The first-order valence-corrected chi connectivity index (χ1v) is 7.45. The minimum Gasteiger partial charge on any atom is -0.425 e. The van der Waals surface area contributed by atoms with Crippen molar-refractivity contribution in [2.75, 3.05) is 6.54 Å². The molecular weight excluding hydrogens is 258 g/mol. The molecule has 0 aromatic carbocycles. The van der Waals surface area contributed by atoms with Crippen LogP contribution in [-0.4, -0.2) is 30.3 Å². The van der Waals surface area contributed by atoms with Gasteiger partial charge in [0.25, 0.3) is 0 Å². The summed E-state index contributed by atoms with van der Waals surface area (Å²) in [6, 6.07) is 0. The molecule has 4 atom stereocenters. The largest absolute Gasteiger partial charge is 0.425 e. The van der Waals surface area contributed by atoms with Crippen LogP contribution in [0.15, 0.2) is 11.6 Å². The van der Waals surface area contributed by atoms with Gasteiger partial charge < -0.3 is 14.8 Å². The van der Waals surface area contributed by atoms with E-state index in [0.29, 0.717) is 5.57 Å². The van der Waals surface area contributed by atoms with Crippen LogP contribution in [0.25, 0.3) is 0 Å². The van der Waals surface area contributed by atoms with Crippen molar-refractivity contribution >= 4 is 11.9 Å². The summed E-state index contributed by atoms with van der Waals surface area (Å²) in [4.78, 5) is 24.1. The van der Waals surface area contributed by atoms with E-state index in [1.165, 1.54) is 0 Å². The maximum atomic E-state index is 12.4. The predicted octanol–water partition coefficient (Wildman–Crippen LogP) is 1.53. The van der Waals surface area contributed by atoms with E-state index in [9.17, 15) is 9.59 Å². The summed E-state index contributed by atoms with van der Waals surface area (Å²) < 4.78 is 11.6. The summed E-state index contributed by atoms with van der Waals surface area (Å²) in [5, 5.41) is 2.97. The second kappa shape index (κ2) is 4.88. The number of esters is 1. The Balaban J connectivity index is 1.95. The molecule has 1 amide bonds. The molecule has 1 spiro atoms. The van der Waals surface area contributed by atoms with E-state index in [1.54, 1.807) is 13.0 Å². The van der Waals surface area contributed by atoms with Gasteiger partial charge in [-0.3, -0.25) is 4.79 Å². The van der Waals surface area contributed by atoms with E-state index < -0.39 is 5.79 Å². The number of hydrogen-bond acceptors (Lipinski definition) is 4. The minimum atomic E-state index is -1.02. The number of rotatable bonds is 1. The molecule has 0 saturated carbocycles. The lowest BCUT2D eigenvalue weighted by Crippen LogP contribution is -2.42. The molecule has 3 aliphatic heterocycles. The second-order valence-electron chi connectivity index (χ2n) is 5.92. The average molecular weight is 279 g/mol. The van der Waals surface area contributed by atoms with E-state index in [4.69, 9.17) is 9.47 Å². The molecule has 5 heteroatoms. The summed E-state index contributed by atoms with van der Waals surface area (Å²) in [6.07, 6.45) is 5.19. The summed E-state index contributed by atoms with van der Waals surface area (Å²) >= 11 is 0. The molecule has 0 bridgehead atoms. The molecule has 1 N–H and O–H groups in total. The summed E-state index contributed by atoms with van der Waals surface area (Å²) in [7, 11) is 0. The summed E-state index contributed by atoms with van der Waals surface area (Å²) in [6.45, 7) is 4.47. The third-order valence-electron chi connectivity index (χ3n) is 4.64. The van der Waals surface area contributed by atoms with Crippen LogP contribution in [0, 0.1) is 11.8 Å². The summed E-state index contributed by atoms with van der Waals surface area (Å²) in [5.74, 6) is -1.65. The van der Waals surface area contributed by atoms with Crippen molar-refractivity contribution in [1.29, 1.82) is 0 Å². The minimum absolute atomic E-state index is 0.0347. The van der Waals surface area contributed by atoms with E-state index in [1.807, 2.05) is 6.92 Å². The van der Waals surface area contributed by atoms with Crippen LogP contribution in [0.2, 0.25) is 0 Å². The van der Waals surface area contributed by atoms with Gasteiger partial charge in [0.05, 0.1) is 12.0 Å². The highest BCUT2D eigenvalue weighted by molar-refractivity contribution is 5.91. The van der Waals surface area contributed by atoms with Gasteiger partial charge in [0.1, 0.15) is 0 Å². The monoisotopic (exact) mass is 279 g/mol. The number of fused-ring (bicyclic) bond motifs is 1. The Bertz CT molecular complexity index is 472. The molecule has 0 aromatic rings. The fourth-order valence-corrected chi connectivity index (χ4v) is 3.69. The normalized spacial score (nSPS) is 40.7. The zero-order valence-electron chi connectivity index (χ0n) is 12.0. The van der Waals surface area contributed by atoms with Crippen molar-refractivity contribution in [2.45, 2.75) is 51.4 Å². The van der Waals surface area contributed by atoms with Crippen LogP contribution >= 0.6 is 0 Å². The molecule has 20 heavy (non-hydrogen) atoms. The Labute approximate surface area is 118 Å². The predicted molar refractivity (Wildman–Crippen MR) is 71.6 cm³/mol. The van der Waals surface area contributed by atoms with Crippen LogP contribution in [-0.2, 0) is 19.1 Å². The van der Waals surface area contributed by atoms with Crippen LogP contribution < -0.4 is 5.32 Å². The Kier molecular flexibility index (Phi) is 3.32. The summed E-state index contributed by atoms with van der Waals surface area (Å²) in [5.41, 5.74) is 0.568. The molecular formula is C15H21NO4. The second-order valence-corrected chi connectivity index (χ2v) is 5.92. The lowest BCUT2D eigenvalue weighted by molar-refractivity contribution is -0.204. The van der Waals surface area contributed by atoms with Crippen molar-refractivity contribution in [2.24, 2.45) is 11.8 Å². The maximum Gasteiger partial charge on any atom is 0.336 e. The quantitative estimate of drug-likeness (QED) is 0.739. The average Bonchev–Trinajstić information content (AvgIpc) is 2.84. The Morgan fingerprint density at radius 1 is 1.40 bits per heavy atom. The lowest BCUT2D eigenvalue weighted by Gasteiger charge is -2.28. The van der Waals surface area contributed by atoms with Crippen LogP contribution in [0.4, 0.5) is 0 Å². The molecule has 0 aromatic heterocycles. The molecule has 2 saturated heterocycles. The number of amides is 1. The highest BCUT2D eigenvalue weighted by atomic mass is 16.7.